The van der Waals surface area contributed by atoms with E-state index in [4.69, 9.17) is 32.7 Å². The average molecular weight is 480 g/mol. The van der Waals surface area contributed by atoms with Crippen molar-refractivity contribution >= 4 is 35.1 Å². The van der Waals surface area contributed by atoms with Crippen molar-refractivity contribution in [1.82, 2.24) is 4.90 Å². The Morgan fingerprint density at radius 3 is 2.48 bits per heavy atom. The van der Waals surface area contributed by atoms with E-state index in [2.05, 4.69) is 24.0 Å². The van der Waals surface area contributed by atoms with Gasteiger partial charge in [-0.2, -0.15) is 0 Å². The third kappa shape index (κ3) is 4.26. The van der Waals surface area contributed by atoms with Crippen molar-refractivity contribution in [2.24, 2.45) is 0 Å². The van der Waals surface area contributed by atoms with Gasteiger partial charge in [-0.25, -0.2) is 0 Å². The van der Waals surface area contributed by atoms with Crippen molar-refractivity contribution in [2.45, 2.75) is 33.4 Å². The van der Waals surface area contributed by atoms with Gasteiger partial charge in [0.25, 0.3) is 0 Å². The second kappa shape index (κ2) is 8.86. The molecule has 0 aliphatic carbocycles. The number of nitrogens with zero attached hydrogens (tertiary/aromatic N) is 1. The van der Waals surface area contributed by atoms with Crippen LogP contribution in [0.1, 0.15) is 45.1 Å². The molecule has 0 saturated heterocycles. The van der Waals surface area contributed by atoms with Gasteiger partial charge < -0.3 is 9.47 Å². The Labute approximate surface area is 203 Å². The van der Waals surface area contributed by atoms with Crippen LogP contribution >= 0.6 is 23.2 Å². The summed E-state index contributed by atoms with van der Waals surface area (Å²) in [7, 11) is 0. The summed E-state index contributed by atoms with van der Waals surface area (Å²) in [5.41, 5.74) is 5.66. The molecule has 4 nitrogen and oxygen atoms in total. The van der Waals surface area contributed by atoms with E-state index >= 15 is 0 Å². The molecule has 3 aromatic carbocycles. The minimum Gasteiger partial charge on any atom is -0.477 e. The van der Waals surface area contributed by atoms with Gasteiger partial charge in [0, 0.05) is 24.2 Å². The number of benzene rings is 3. The zero-order chi connectivity index (χ0) is 23.1. The first-order valence-electron chi connectivity index (χ1n) is 10.9. The molecule has 2 aliphatic heterocycles. The quantitative estimate of drug-likeness (QED) is 0.384. The van der Waals surface area contributed by atoms with Crippen LogP contribution in [0.15, 0.2) is 54.3 Å². The summed E-state index contributed by atoms with van der Waals surface area (Å²) in [5.74, 6) is 1.62. The molecular weight excluding hydrogens is 457 g/mol. The fourth-order valence-electron chi connectivity index (χ4n) is 4.29. The first-order chi connectivity index (χ1) is 15.9. The molecule has 0 atom stereocenters. The highest BCUT2D eigenvalue weighted by Crippen LogP contribution is 2.43. The van der Waals surface area contributed by atoms with E-state index in [9.17, 15) is 4.79 Å². The molecule has 33 heavy (non-hydrogen) atoms. The number of halogens is 2. The van der Waals surface area contributed by atoms with Crippen molar-refractivity contribution in [3.8, 4) is 11.5 Å². The van der Waals surface area contributed by atoms with Crippen molar-refractivity contribution in [1.29, 1.82) is 0 Å². The lowest BCUT2D eigenvalue weighted by atomic mass is 9.99. The number of carbonyl (C=O) groups is 1. The number of allylic oxidation sites excluding steroid dienone is 1. The van der Waals surface area contributed by atoms with Crippen LogP contribution < -0.4 is 9.47 Å². The number of hydrogen-bond donors (Lipinski definition) is 0. The molecule has 0 aromatic heterocycles. The standard InChI is InChI=1S/C27H23Cl2NO3/c1-3-17-4-6-18(7-5-17)11-24-25(31)21-12-20-14-30(13-19-8-9-22(28)23(29)10-19)15-32-26(20)16(2)27(21)33-24/h4-12H,3,13-15H2,1-2H3/b24-11-. The van der Waals surface area contributed by atoms with Crippen molar-refractivity contribution in [3.05, 3.63) is 97.7 Å². The fraction of sp³-hybridized carbons (Fsp3) is 0.222. The maximum atomic E-state index is 13.1. The molecule has 0 bridgehead atoms. The molecular formula is C27H23Cl2NO3. The molecule has 0 amide bonds. The molecule has 5 rings (SSSR count). The van der Waals surface area contributed by atoms with Crippen molar-refractivity contribution in [3.63, 3.8) is 0 Å². The molecule has 3 aromatic rings. The van der Waals surface area contributed by atoms with E-state index in [0.717, 1.165) is 34.4 Å². The van der Waals surface area contributed by atoms with E-state index in [1.165, 1.54) is 5.56 Å². The largest absolute Gasteiger partial charge is 0.477 e. The zero-order valence-electron chi connectivity index (χ0n) is 18.5. The summed E-state index contributed by atoms with van der Waals surface area (Å²) in [6.07, 6.45) is 2.78. The van der Waals surface area contributed by atoms with Crippen LogP contribution in [0.4, 0.5) is 0 Å². The summed E-state index contributed by atoms with van der Waals surface area (Å²) in [4.78, 5) is 15.3. The molecule has 6 heteroatoms. The maximum absolute atomic E-state index is 13.1. The van der Waals surface area contributed by atoms with Crippen LogP contribution in [-0.4, -0.2) is 17.4 Å². The van der Waals surface area contributed by atoms with Gasteiger partial charge in [-0.1, -0.05) is 60.5 Å². The topological polar surface area (TPSA) is 38.8 Å². The number of carbonyl (C=O) groups excluding carboxylic acids is 1. The van der Waals surface area contributed by atoms with Gasteiger partial charge in [0.1, 0.15) is 18.2 Å². The molecule has 0 radical (unpaired) electrons. The highest BCUT2D eigenvalue weighted by molar-refractivity contribution is 6.42. The number of ketones is 1. The zero-order valence-corrected chi connectivity index (χ0v) is 20.0. The highest BCUT2D eigenvalue weighted by atomic mass is 35.5. The lowest BCUT2D eigenvalue weighted by Gasteiger charge is -2.30. The molecule has 0 fully saturated rings. The van der Waals surface area contributed by atoms with Crippen LogP contribution in [0.2, 0.25) is 10.0 Å². The predicted octanol–water partition coefficient (Wildman–Crippen LogP) is 6.83. The van der Waals surface area contributed by atoms with Gasteiger partial charge in [-0.05, 0) is 54.3 Å². The van der Waals surface area contributed by atoms with Crippen LogP contribution in [-0.2, 0) is 19.5 Å². The molecule has 0 unspecified atom stereocenters. The fourth-order valence-corrected chi connectivity index (χ4v) is 4.62. The Balaban J connectivity index is 1.39. The summed E-state index contributed by atoms with van der Waals surface area (Å²) in [5, 5.41) is 1.07. The average Bonchev–Trinajstić information content (AvgIpc) is 3.12. The first-order valence-corrected chi connectivity index (χ1v) is 11.7. The Morgan fingerprint density at radius 1 is 1.00 bits per heavy atom. The number of hydrogen-bond acceptors (Lipinski definition) is 4. The van der Waals surface area contributed by atoms with Crippen LogP contribution in [0.3, 0.4) is 0 Å². The Kier molecular flexibility index (Phi) is 5.92. The molecule has 0 spiro atoms. The summed E-state index contributed by atoms with van der Waals surface area (Å²) in [6, 6.07) is 15.7. The molecule has 2 heterocycles. The Bertz CT molecular complexity index is 1280. The van der Waals surface area contributed by atoms with E-state index in [1.54, 1.807) is 12.1 Å². The monoisotopic (exact) mass is 479 g/mol. The van der Waals surface area contributed by atoms with Crippen LogP contribution in [0.25, 0.3) is 6.08 Å². The third-order valence-electron chi connectivity index (χ3n) is 6.08. The van der Waals surface area contributed by atoms with Gasteiger partial charge in [0.2, 0.25) is 5.78 Å². The van der Waals surface area contributed by atoms with Gasteiger partial charge >= 0.3 is 0 Å². The number of rotatable bonds is 4. The molecule has 2 aliphatic rings. The van der Waals surface area contributed by atoms with Crippen molar-refractivity contribution in [2.75, 3.05) is 6.73 Å². The van der Waals surface area contributed by atoms with Gasteiger partial charge in [-0.3, -0.25) is 9.69 Å². The Hall–Kier alpha value is -2.79. The first kappa shape index (κ1) is 22.0. The number of ether oxygens (including phenoxy) is 2. The minimum atomic E-state index is -0.0999. The highest BCUT2D eigenvalue weighted by Gasteiger charge is 2.33. The van der Waals surface area contributed by atoms with E-state index in [1.807, 2.05) is 37.3 Å². The van der Waals surface area contributed by atoms with Crippen molar-refractivity contribution < 1.29 is 14.3 Å². The minimum absolute atomic E-state index is 0.0999. The maximum Gasteiger partial charge on any atom is 0.231 e. The van der Waals surface area contributed by atoms with Gasteiger partial charge in [0.15, 0.2) is 5.76 Å². The predicted molar refractivity (Wildman–Crippen MR) is 131 cm³/mol. The second-order valence-corrected chi connectivity index (χ2v) is 9.22. The van der Waals surface area contributed by atoms with E-state index < -0.39 is 0 Å². The lowest BCUT2D eigenvalue weighted by Crippen LogP contribution is -2.32. The van der Waals surface area contributed by atoms with Crippen LogP contribution in [0, 0.1) is 6.92 Å². The van der Waals surface area contributed by atoms with Gasteiger partial charge in [0.05, 0.1) is 15.6 Å². The van der Waals surface area contributed by atoms with Gasteiger partial charge in [-0.15, -0.1) is 0 Å². The van der Waals surface area contributed by atoms with E-state index in [-0.39, 0.29) is 5.78 Å². The summed E-state index contributed by atoms with van der Waals surface area (Å²) < 4.78 is 12.1. The molecule has 0 N–H and O–H groups in total. The Morgan fingerprint density at radius 2 is 1.76 bits per heavy atom. The molecule has 0 saturated carbocycles. The number of Topliss-reactive ketones (excluding diaryl/α,β-unsaturated/α-hetero) is 1. The smallest absolute Gasteiger partial charge is 0.231 e. The normalized spacial score (nSPS) is 16.4. The SMILES string of the molecule is CCc1ccc(/C=C2\Oc3c(cc4c(c3C)OCN(Cc3ccc(Cl)c(Cl)c3)C4)C2=O)cc1. The third-order valence-corrected chi connectivity index (χ3v) is 6.82. The molecule has 168 valence electrons. The summed E-state index contributed by atoms with van der Waals surface area (Å²) in [6.45, 7) is 5.82. The lowest BCUT2D eigenvalue weighted by molar-refractivity contribution is 0.0876. The van der Waals surface area contributed by atoms with E-state index in [0.29, 0.717) is 46.9 Å². The summed E-state index contributed by atoms with van der Waals surface area (Å²) >= 11 is 12.2. The number of aryl methyl sites for hydroxylation is 1. The number of fused-ring (bicyclic) bond motifs is 2. The van der Waals surface area contributed by atoms with Crippen LogP contribution in [0.5, 0.6) is 11.5 Å². The second-order valence-electron chi connectivity index (χ2n) is 8.41.